The molecule has 0 saturated heterocycles. The zero-order valence-corrected chi connectivity index (χ0v) is 41.8. The molecule has 0 atom stereocenters. The first-order valence-corrected chi connectivity index (χ1v) is 22.8. The minimum Gasteiger partial charge on any atom is -0.456 e. The maximum atomic E-state index is 7.43. The molecule has 2 aromatic heterocycles. The molecule has 7 aromatic carbocycles. The molecule has 0 bridgehead atoms. The Labute approximate surface area is 387 Å². The van der Waals surface area contributed by atoms with Gasteiger partial charge in [-0.15, -0.1) is 32.8 Å². The Kier molecular flexibility index (Phi) is 9.99. The van der Waals surface area contributed by atoms with E-state index in [0.717, 1.165) is 22.3 Å². The van der Waals surface area contributed by atoms with E-state index in [1.165, 1.54) is 186 Å². The van der Waals surface area contributed by atoms with Gasteiger partial charge >= 0.3 is 0 Å². The van der Waals surface area contributed by atoms with Gasteiger partial charge in [-0.3, -0.25) is 0 Å². The summed E-state index contributed by atoms with van der Waals surface area (Å²) in [5.74, 6) is 0. The highest BCUT2D eigenvalue weighted by Gasteiger charge is 2.32. The van der Waals surface area contributed by atoms with Crippen molar-refractivity contribution in [3.8, 4) is 22.3 Å². The molecule has 0 unspecified atom stereocenters. The molecule has 62 heavy (non-hydrogen) atoms. The van der Waals surface area contributed by atoms with Gasteiger partial charge in [0.15, 0.2) is 0 Å². The fourth-order valence-electron chi connectivity index (χ4n) is 11.9. The van der Waals surface area contributed by atoms with Crippen molar-refractivity contribution >= 4 is 358 Å². The van der Waals surface area contributed by atoms with E-state index >= 15 is 0 Å². The van der Waals surface area contributed by atoms with Crippen molar-refractivity contribution in [3.05, 3.63) is 0 Å². The smallest absolute Gasteiger partial charge is 0.143 e. The molecule has 9 aromatic rings. The van der Waals surface area contributed by atoms with Crippen LogP contribution < -0.4 is 120 Å². The van der Waals surface area contributed by atoms with Crippen LogP contribution in [-0.2, 0) is 0 Å². The van der Waals surface area contributed by atoms with Crippen LogP contribution in [0.1, 0.15) is 0 Å². The average Bonchev–Trinajstić information content (AvgIpc) is 3.85. The maximum absolute atomic E-state index is 7.43. The summed E-state index contributed by atoms with van der Waals surface area (Å²) in [6, 6.07) is 0. The summed E-state index contributed by atoms with van der Waals surface area (Å²) in [5.41, 5.74) is 38.2. The van der Waals surface area contributed by atoms with Gasteiger partial charge in [0.25, 0.3) is 0 Å². The van der Waals surface area contributed by atoms with E-state index in [-0.39, 0.29) is 0 Å². The first-order chi connectivity index (χ1) is 29.0. The topological polar surface area (TPSA) is 26.3 Å². The highest BCUT2D eigenvalue weighted by atomic mass is 16.3. The summed E-state index contributed by atoms with van der Waals surface area (Å²) in [7, 11) is 51.0. The molecular weight excluding hydrogens is 726 g/mol. The minimum absolute atomic E-state index is 1.01. The molecular formula is C38H44B22O2. The van der Waals surface area contributed by atoms with Crippen LogP contribution in [0.25, 0.3) is 87.7 Å². The standard InChI is InChI=1S/C38H44B22O2/c39-13-3-1(7-17(43)23(49)19(45)9-11-21(47)29(55)31(57)33(59)37(11)61-35(7)9)4-6(16(42)28(54)26(52)14(4)40)2(5(3)15(41)27(53)25(13)51)8-18(44)24(50)20(46)10-12-22(48)30(56)32(58)34(60)38(12)62-36(8)10/h39-60H2. The van der Waals surface area contributed by atoms with E-state index in [1.807, 2.05) is 0 Å². The Morgan fingerprint density at radius 3 is 0.565 bits per heavy atom. The fourth-order valence-corrected chi connectivity index (χ4v) is 11.9. The summed E-state index contributed by atoms with van der Waals surface area (Å²) >= 11 is 0. The van der Waals surface area contributed by atoms with Crippen LogP contribution in [0.4, 0.5) is 0 Å². The van der Waals surface area contributed by atoms with Gasteiger partial charge in [0.2, 0.25) is 0 Å². The van der Waals surface area contributed by atoms with Crippen molar-refractivity contribution in [1.29, 1.82) is 0 Å². The molecule has 0 aliphatic rings. The minimum atomic E-state index is 1.01. The lowest BCUT2D eigenvalue weighted by Crippen LogP contribution is -2.50. The van der Waals surface area contributed by atoms with Crippen molar-refractivity contribution in [2.24, 2.45) is 0 Å². The first-order valence-electron chi connectivity index (χ1n) is 22.8. The largest absolute Gasteiger partial charge is 0.456 e. The van der Waals surface area contributed by atoms with Crippen LogP contribution in [0.2, 0.25) is 0 Å². The number of rotatable bonds is 2. The normalized spacial score (nSPS) is 12.0. The van der Waals surface area contributed by atoms with E-state index in [4.69, 9.17) is 8.83 Å². The van der Waals surface area contributed by atoms with Crippen LogP contribution >= 0.6 is 0 Å². The lowest BCUT2D eigenvalue weighted by atomic mass is 9.58. The fraction of sp³-hybridized carbons (Fsp3) is 0. The average molecular weight is 771 g/mol. The SMILES string of the molecule is Bc1c(B)c(B)c2c(oc3c(-c4c5c(B)c(B)c(B)c(B)c5c(-c5c(B)c(B)c(B)c6c5oc5c(B)c(B)c(B)c(B)c56)c5c(B)c(B)c(B)c(B)c45)c(B)c(B)c(B)c32)c1B. The van der Waals surface area contributed by atoms with Gasteiger partial charge in [-0.05, 0) is 32.7 Å². The third kappa shape index (κ3) is 5.25. The zero-order chi connectivity index (χ0) is 45.4. The number of hydrogen-bond donors (Lipinski definition) is 0. The van der Waals surface area contributed by atoms with Crippen molar-refractivity contribution in [3.63, 3.8) is 0 Å². The van der Waals surface area contributed by atoms with Crippen LogP contribution in [0.3, 0.4) is 0 Å². The second-order valence-electron chi connectivity index (χ2n) is 19.8. The second-order valence-corrected chi connectivity index (χ2v) is 19.8. The molecule has 0 amide bonds. The third-order valence-electron chi connectivity index (χ3n) is 17.7. The van der Waals surface area contributed by atoms with Crippen molar-refractivity contribution in [2.45, 2.75) is 0 Å². The number of furan rings is 2. The van der Waals surface area contributed by atoms with Crippen LogP contribution in [0.15, 0.2) is 8.83 Å². The van der Waals surface area contributed by atoms with Gasteiger partial charge in [-0.1, -0.05) is 87.4 Å². The highest BCUT2D eigenvalue weighted by molar-refractivity contribution is 6.75. The molecule has 0 N–H and O–H groups in total. The van der Waals surface area contributed by atoms with Gasteiger partial charge < -0.3 is 8.83 Å². The van der Waals surface area contributed by atoms with Crippen molar-refractivity contribution in [2.75, 3.05) is 0 Å². The van der Waals surface area contributed by atoms with Crippen LogP contribution in [0.5, 0.6) is 0 Å². The Bertz CT molecular complexity index is 3340. The van der Waals surface area contributed by atoms with Gasteiger partial charge in [0, 0.05) is 32.7 Å². The van der Waals surface area contributed by atoms with Crippen molar-refractivity contribution < 1.29 is 8.83 Å². The lowest BCUT2D eigenvalue weighted by Gasteiger charge is -2.30. The second kappa shape index (κ2) is 14.3. The van der Waals surface area contributed by atoms with E-state index in [9.17, 15) is 0 Å². The van der Waals surface area contributed by atoms with Gasteiger partial charge in [-0.2, -0.15) is 0 Å². The van der Waals surface area contributed by atoms with Crippen LogP contribution in [-0.4, -0.2) is 173 Å². The van der Waals surface area contributed by atoms with Gasteiger partial charge in [0.1, 0.15) is 195 Å². The predicted octanol–water partition coefficient (Wildman–Crippen LogP) is -27.2. The Morgan fingerprint density at radius 2 is 0.323 bits per heavy atom. The van der Waals surface area contributed by atoms with E-state index in [1.54, 1.807) is 0 Å². The summed E-state index contributed by atoms with van der Waals surface area (Å²) in [5, 5.41) is 10.4. The number of fused-ring (bicyclic) bond motifs is 8. The van der Waals surface area contributed by atoms with Crippen molar-refractivity contribution in [1.82, 2.24) is 0 Å². The molecule has 0 aliphatic carbocycles. The molecule has 0 radical (unpaired) electrons. The number of hydrogen-bond acceptors (Lipinski definition) is 2. The predicted molar refractivity (Wildman–Crippen MR) is 347 cm³/mol. The molecule has 2 heterocycles. The molecule has 2 nitrogen and oxygen atoms in total. The molecule has 0 saturated carbocycles. The first kappa shape index (κ1) is 43.3. The van der Waals surface area contributed by atoms with E-state index in [0.29, 0.717) is 0 Å². The van der Waals surface area contributed by atoms with E-state index in [2.05, 4.69) is 173 Å². The zero-order valence-electron chi connectivity index (χ0n) is 41.8. The molecule has 0 aliphatic heterocycles. The highest BCUT2D eigenvalue weighted by Crippen LogP contribution is 2.44. The van der Waals surface area contributed by atoms with Gasteiger partial charge in [0.05, 0.1) is 0 Å². The summed E-state index contributed by atoms with van der Waals surface area (Å²) in [4.78, 5) is 0. The molecule has 9 rings (SSSR count). The quantitative estimate of drug-likeness (QED) is 0.129. The van der Waals surface area contributed by atoms with E-state index < -0.39 is 0 Å². The monoisotopic (exact) mass is 775 g/mol. The molecule has 0 fully saturated rings. The molecule has 0 spiro atoms. The Hall–Kier alpha value is -3.91. The van der Waals surface area contributed by atoms with Gasteiger partial charge in [-0.25, -0.2) is 0 Å². The molecule has 24 heteroatoms. The Balaban J connectivity index is 1.67. The third-order valence-corrected chi connectivity index (χ3v) is 17.7. The lowest BCUT2D eigenvalue weighted by molar-refractivity contribution is 0.673. The maximum Gasteiger partial charge on any atom is 0.143 e. The van der Waals surface area contributed by atoms with Crippen LogP contribution in [0, 0.1) is 0 Å². The summed E-state index contributed by atoms with van der Waals surface area (Å²) in [6.07, 6.45) is 0. The summed E-state index contributed by atoms with van der Waals surface area (Å²) < 4.78 is 14.9. The molecule has 274 valence electrons. The summed E-state index contributed by atoms with van der Waals surface area (Å²) in [6.45, 7) is 0. The number of benzene rings is 7. The Morgan fingerprint density at radius 1 is 0.145 bits per heavy atom.